The van der Waals surface area contributed by atoms with Gasteiger partial charge in [0.05, 0.1) is 6.20 Å². The summed E-state index contributed by atoms with van der Waals surface area (Å²) in [6.07, 6.45) is 12.3. The SMILES string of the molecule is CC12CCCC=C1[C@@]1(C)Cc3cnoc3C(C)(C)[C@@H]1CC2. The topological polar surface area (TPSA) is 26.0 Å². The van der Waals surface area contributed by atoms with Crippen molar-refractivity contribution >= 4 is 0 Å². The van der Waals surface area contributed by atoms with Crippen LogP contribution in [0.4, 0.5) is 0 Å². The molecule has 0 spiro atoms. The smallest absolute Gasteiger partial charge is 0.145 e. The second kappa shape index (κ2) is 4.02. The van der Waals surface area contributed by atoms with Gasteiger partial charge in [-0.1, -0.05) is 44.5 Å². The monoisotopic (exact) mass is 285 g/mol. The highest BCUT2D eigenvalue weighted by Gasteiger charge is 2.58. The number of aromatic nitrogens is 1. The highest BCUT2D eigenvalue weighted by Crippen LogP contribution is 2.64. The highest BCUT2D eigenvalue weighted by molar-refractivity contribution is 5.39. The Labute approximate surface area is 128 Å². The second-order valence-corrected chi connectivity index (χ2v) is 8.66. The fourth-order valence-electron chi connectivity index (χ4n) is 6.12. The van der Waals surface area contributed by atoms with Gasteiger partial charge in [0.15, 0.2) is 0 Å². The second-order valence-electron chi connectivity index (χ2n) is 8.66. The van der Waals surface area contributed by atoms with Gasteiger partial charge in [-0.25, -0.2) is 0 Å². The summed E-state index contributed by atoms with van der Waals surface area (Å²) in [6.45, 7) is 9.76. The van der Waals surface area contributed by atoms with Crippen LogP contribution in [0.15, 0.2) is 22.4 Å². The molecule has 0 aromatic carbocycles. The van der Waals surface area contributed by atoms with Gasteiger partial charge < -0.3 is 4.52 Å². The van der Waals surface area contributed by atoms with E-state index in [0.29, 0.717) is 11.3 Å². The van der Waals surface area contributed by atoms with E-state index in [1.54, 1.807) is 5.57 Å². The Morgan fingerprint density at radius 1 is 1.19 bits per heavy atom. The number of allylic oxidation sites excluding steroid dienone is 2. The van der Waals surface area contributed by atoms with E-state index in [4.69, 9.17) is 4.52 Å². The first-order valence-electron chi connectivity index (χ1n) is 8.53. The molecule has 21 heavy (non-hydrogen) atoms. The van der Waals surface area contributed by atoms with Crippen LogP contribution < -0.4 is 0 Å². The first-order valence-corrected chi connectivity index (χ1v) is 8.53. The molecule has 2 heteroatoms. The molecule has 1 heterocycles. The van der Waals surface area contributed by atoms with E-state index < -0.39 is 0 Å². The molecule has 3 atom stereocenters. The van der Waals surface area contributed by atoms with Gasteiger partial charge in [0.2, 0.25) is 0 Å². The van der Waals surface area contributed by atoms with Crippen molar-refractivity contribution in [1.82, 2.24) is 5.16 Å². The summed E-state index contributed by atoms with van der Waals surface area (Å²) in [4.78, 5) is 0. The molecule has 3 aliphatic carbocycles. The highest BCUT2D eigenvalue weighted by atomic mass is 16.5. The lowest BCUT2D eigenvalue weighted by Gasteiger charge is -2.59. The number of fused-ring (bicyclic) bond motifs is 4. The molecule has 1 aromatic heterocycles. The van der Waals surface area contributed by atoms with Crippen LogP contribution in [0, 0.1) is 16.7 Å². The number of hydrogen-bond donors (Lipinski definition) is 0. The number of nitrogens with zero attached hydrogens (tertiary/aromatic N) is 1. The van der Waals surface area contributed by atoms with E-state index >= 15 is 0 Å². The number of rotatable bonds is 0. The minimum Gasteiger partial charge on any atom is -0.361 e. The van der Waals surface area contributed by atoms with Gasteiger partial charge >= 0.3 is 0 Å². The first-order chi connectivity index (χ1) is 9.88. The van der Waals surface area contributed by atoms with Gasteiger partial charge in [0.25, 0.3) is 0 Å². The van der Waals surface area contributed by atoms with Gasteiger partial charge in [0, 0.05) is 11.0 Å². The predicted molar refractivity (Wildman–Crippen MR) is 84.1 cm³/mol. The third-order valence-electron chi connectivity index (χ3n) is 6.96. The lowest BCUT2D eigenvalue weighted by Crippen LogP contribution is -2.53. The Balaban J connectivity index is 1.89. The summed E-state index contributed by atoms with van der Waals surface area (Å²) < 4.78 is 5.66. The van der Waals surface area contributed by atoms with Crippen molar-refractivity contribution in [2.75, 3.05) is 0 Å². The zero-order valence-electron chi connectivity index (χ0n) is 13.8. The van der Waals surface area contributed by atoms with Crippen LogP contribution in [0.5, 0.6) is 0 Å². The molecule has 1 saturated carbocycles. The maximum absolute atomic E-state index is 5.66. The van der Waals surface area contributed by atoms with Crippen LogP contribution in [-0.4, -0.2) is 5.16 Å². The molecule has 1 aromatic rings. The summed E-state index contributed by atoms with van der Waals surface area (Å²) in [5.74, 6) is 1.81. The van der Waals surface area contributed by atoms with Crippen molar-refractivity contribution in [1.29, 1.82) is 0 Å². The molecule has 3 aliphatic rings. The summed E-state index contributed by atoms with van der Waals surface area (Å²) in [6, 6.07) is 0. The van der Waals surface area contributed by atoms with Crippen molar-refractivity contribution < 1.29 is 4.52 Å². The Morgan fingerprint density at radius 2 is 2.00 bits per heavy atom. The van der Waals surface area contributed by atoms with Crippen molar-refractivity contribution in [2.24, 2.45) is 16.7 Å². The van der Waals surface area contributed by atoms with E-state index in [9.17, 15) is 0 Å². The maximum Gasteiger partial charge on any atom is 0.145 e. The normalized spacial score (nSPS) is 40.8. The Bertz CT molecular complexity index is 611. The van der Waals surface area contributed by atoms with E-state index in [1.165, 1.54) is 37.7 Å². The average molecular weight is 285 g/mol. The molecule has 1 fully saturated rings. The lowest BCUT2D eigenvalue weighted by atomic mass is 9.44. The zero-order valence-corrected chi connectivity index (χ0v) is 13.8. The molecule has 114 valence electrons. The molecule has 0 amide bonds. The van der Waals surface area contributed by atoms with Crippen LogP contribution in [0.3, 0.4) is 0 Å². The quantitative estimate of drug-likeness (QED) is 0.624. The molecule has 0 saturated heterocycles. The molecule has 4 rings (SSSR count). The summed E-state index contributed by atoms with van der Waals surface area (Å²) in [5, 5.41) is 4.12. The minimum absolute atomic E-state index is 0.0957. The van der Waals surface area contributed by atoms with Crippen molar-refractivity contribution in [3.05, 3.63) is 29.2 Å². The Morgan fingerprint density at radius 3 is 2.81 bits per heavy atom. The minimum atomic E-state index is 0.0957. The maximum atomic E-state index is 5.66. The molecular formula is C19H27NO. The average Bonchev–Trinajstić information content (AvgIpc) is 2.86. The summed E-state index contributed by atoms with van der Waals surface area (Å²) >= 11 is 0. The van der Waals surface area contributed by atoms with Gasteiger partial charge in [0.1, 0.15) is 5.76 Å². The summed E-state index contributed by atoms with van der Waals surface area (Å²) in [5.41, 5.74) is 3.91. The molecule has 0 bridgehead atoms. The summed E-state index contributed by atoms with van der Waals surface area (Å²) in [7, 11) is 0. The zero-order chi connectivity index (χ0) is 14.9. The first kappa shape index (κ1) is 13.6. The van der Waals surface area contributed by atoms with Crippen LogP contribution in [0.1, 0.15) is 71.1 Å². The standard InChI is InChI=1S/C19H27NO/c1-17(2)14-8-10-18(3)9-6-5-7-15(18)19(14,4)11-13-12-20-21-16(13)17/h7,12,14H,5-6,8-11H2,1-4H3/t14-,18?,19-/m0/s1. The largest absolute Gasteiger partial charge is 0.361 e. The third kappa shape index (κ3) is 1.62. The van der Waals surface area contributed by atoms with Gasteiger partial charge in [-0.05, 0) is 55.3 Å². The lowest BCUT2D eigenvalue weighted by molar-refractivity contribution is 0.0226. The van der Waals surface area contributed by atoms with E-state index in [1.807, 2.05) is 6.20 Å². The molecular weight excluding hydrogens is 258 g/mol. The molecule has 0 aliphatic heterocycles. The van der Waals surface area contributed by atoms with Crippen LogP contribution in [0.2, 0.25) is 0 Å². The van der Waals surface area contributed by atoms with Crippen LogP contribution in [-0.2, 0) is 11.8 Å². The fraction of sp³-hybridized carbons (Fsp3) is 0.737. The van der Waals surface area contributed by atoms with Crippen molar-refractivity contribution in [2.45, 2.75) is 71.6 Å². The van der Waals surface area contributed by atoms with E-state index in [0.717, 1.165) is 12.2 Å². The van der Waals surface area contributed by atoms with E-state index in [2.05, 4.69) is 38.9 Å². The van der Waals surface area contributed by atoms with E-state index in [-0.39, 0.29) is 10.8 Å². The molecule has 2 nitrogen and oxygen atoms in total. The number of hydrogen-bond acceptors (Lipinski definition) is 2. The van der Waals surface area contributed by atoms with Gasteiger partial charge in [-0.15, -0.1) is 0 Å². The molecule has 0 N–H and O–H groups in total. The Kier molecular flexibility index (Phi) is 2.61. The molecule has 1 unspecified atom stereocenters. The third-order valence-corrected chi connectivity index (χ3v) is 6.96. The van der Waals surface area contributed by atoms with Crippen molar-refractivity contribution in [3.8, 4) is 0 Å². The van der Waals surface area contributed by atoms with Gasteiger partial charge in [-0.3, -0.25) is 0 Å². The Hall–Kier alpha value is -1.05. The predicted octanol–water partition coefficient (Wildman–Crippen LogP) is 5.04. The van der Waals surface area contributed by atoms with Crippen LogP contribution in [0.25, 0.3) is 0 Å². The fourth-order valence-corrected chi connectivity index (χ4v) is 6.12. The van der Waals surface area contributed by atoms with Crippen LogP contribution >= 0.6 is 0 Å². The van der Waals surface area contributed by atoms with Gasteiger partial charge in [-0.2, -0.15) is 0 Å². The molecule has 0 radical (unpaired) electrons. The van der Waals surface area contributed by atoms with Crippen molar-refractivity contribution in [3.63, 3.8) is 0 Å².